The van der Waals surface area contributed by atoms with E-state index in [4.69, 9.17) is 9.47 Å². The summed E-state index contributed by atoms with van der Waals surface area (Å²) in [6.07, 6.45) is 3.31. The zero-order valence-electron chi connectivity index (χ0n) is 15.0. The highest BCUT2D eigenvalue weighted by Gasteiger charge is 2.12. The lowest BCUT2D eigenvalue weighted by atomic mass is 10.2. The molecule has 0 unspecified atom stereocenters. The van der Waals surface area contributed by atoms with E-state index in [0.29, 0.717) is 12.3 Å². The zero-order valence-corrected chi connectivity index (χ0v) is 15.8. The fourth-order valence-electron chi connectivity index (χ4n) is 3.01. The van der Waals surface area contributed by atoms with Gasteiger partial charge in [0.25, 0.3) is 0 Å². The molecule has 27 heavy (non-hydrogen) atoms. The van der Waals surface area contributed by atoms with Gasteiger partial charge in [-0.05, 0) is 36.8 Å². The number of thioether (sulfide) groups is 1. The monoisotopic (exact) mass is 380 g/mol. The first-order chi connectivity index (χ1) is 13.2. The molecule has 0 atom stereocenters. The number of H-pyrrole nitrogens is 1. The molecule has 1 aliphatic heterocycles. The fraction of sp³-hybridized carbons (Fsp3) is 0.190. The van der Waals surface area contributed by atoms with Gasteiger partial charge < -0.3 is 19.8 Å². The molecule has 1 amide bonds. The van der Waals surface area contributed by atoms with Crippen LogP contribution in [0.2, 0.25) is 0 Å². The van der Waals surface area contributed by atoms with Crippen molar-refractivity contribution in [3.63, 3.8) is 0 Å². The Balaban J connectivity index is 1.27. The second-order valence-corrected chi connectivity index (χ2v) is 7.32. The minimum absolute atomic E-state index is 0.107. The quantitative estimate of drug-likeness (QED) is 0.383. The van der Waals surface area contributed by atoms with Crippen LogP contribution in [0, 0.1) is 6.92 Å². The van der Waals surface area contributed by atoms with Crippen molar-refractivity contribution >= 4 is 34.6 Å². The number of aromatic nitrogens is 1. The van der Waals surface area contributed by atoms with E-state index >= 15 is 0 Å². The van der Waals surface area contributed by atoms with Crippen molar-refractivity contribution in [2.75, 3.05) is 19.1 Å². The van der Waals surface area contributed by atoms with Crippen LogP contribution in [0.3, 0.4) is 0 Å². The van der Waals surface area contributed by atoms with Crippen LogP contribution in [0.25, 0.3) is 17.0 Å². The first-order valence-corrected chi connectivity index (χ1v) is 9.75. The van der Waals surface area contributed by atoms with Crippen molar-refractivity contribution < 1.29 is 14.3 Å². The Bertz CT molecular complexity index is 1010. The Kier molecular flexibility index (Phi) is 5.07. The van der Waals surface area contributed by atoms with E-state index in [0.717, 1.165) is 28.3 Å². The van der Waals surface area contributed by atoms with Crippen LogP contribution in [0.15, 0.2) is 53.4 Å². The van der Waals surface area contributed by atoms with Crippen LogP contribution >= 0.6 is 11.8 Å². The summed E-state index contributed by atoms with van der Waals surface area (Å²) >= 11 is 1.75. The van der Waals surface area contributed by atoms with E-state index in [1.165, 1.54) is 10.3 Å². The van der Waals surface area contributed by atoms with Gasteiger partial charge in [-0.3, -0.25) is 4.79 Å². The van der Waals surface area contributed by atoms with Gasteiger partial charge in [0, 0.05) is 39.9 Å². The summed E-state index contributed by atoms with van der Waals surface area (Å²) in [5.74, 6) is 2.15. The SMILES string of the molecule is Cc1[nH]c2ccccc2c1SCCNC(=O)/C=C/c1ccc2c(c1)OCO2. The number of fused-ring (bicyclic) bond motifs is 2. The number of aromatic amines is 1. The number of amides is 1. The van der Waals surface area contributed by atoms with Crippen molar-refractivity contribution in [2.45, 2.75) is 11.8 Å². The van der Waals surface area contributed by atoms with Gasteiger partial charge in [0.1, 0.15) is 0 Å². The number of benzene rings is 2. The number of para-hydroxylation sites is 1. The summed E-state index contributed by atoms with van der Waals surface area (Å²) in [7, 11) is 0. The Morgan fingerprint density at radius 2 is 2.07 bits per heavy atom. The van der Waals surface area contributed by atoms with Crippen molar-refractivity contribution in [1.29, 1.82) is 0 Å². The Hall–Kier alpha value is -2.86. The van der Waals surface area contributed by atoms with E-state index in [-0.39, 0.29) is 12.7 Å². The molecule has 0 fully saturated rings. The maximum Gasteiger partial charge on any atom is 0.244 e. The summed E-state index contributed by atoms with van der Waals surface area (Å²) < 4.78 is 10.6. The topological polar surface area (TPSA) is 63.4 Å². The summed E-state index contributed by atoms with van der Waals surface area (Å²) in [5.41, 5.74) is 3.21. The fourth-order valence-corrected chi connectivity index (χ4v) is 4.02. The molecule has 4 rings (SSSR count). The number of rotatable bonds is 6. The van der Waals surface area contributed by atoms with Gasteiger partial charge >= 0.3 is 0 Å². The molecule has 0 radical (unpaired) electrons. The maximum atomic E-state index is 12.0. The van der Waals surface area contributed by atoms with Gasteiger partial charge in [-0.15, -0.1) is 11.8 Å². The number of ether oxygens (including phenoxy) is 2. The molecular formula is C21H20N2O3S. The second-order valence-electron chi connectivity index (χ2n) is 6.21. The van der Waals surface area contributed by atoms with Crippen molar-refractivity contribution in [1.82, 2.24) is 10.3 Å². The molecule has 1 aliphatic rings. The molecule has 1 aromatic heterocycles. The molecule has 5 nitrogen and oxygen atoms in total. The van der Waals surface area contributed by atoms with Gasteiger partial charge in [-0.2, -0.15) is 0 Å². The number of hydrogen-bond acceptors (Lipinski definition) is 4. The molecule has 0 saturated heterocycles. The van der Waals surface area contributed by atoms with E-state index in [2.05, 4.69) is 29.4 Å². The highest BCUT2D eigenvalue weighted by molar-refractivity contribution is 7.99. The van der Waals surface area contributed by atoms with Crippen LogP contribution in [-0.2, 0) is 4.79 Å². The normalized spacial score (nSPS) is 12.8. The van der Waals surface area contributed by atoms with Crippen LogP contribution < -0.4 is 14.8 Å². The minimum atomic E-state index is -0.107. The van der Waals surface area contributed by atoms with E-state index in [1.54, 1.807) is 23.9 Å². The van der Waals surface area contributed by atoms with Crippen molar-refractivity contribution in [2.24, 2.45) is 0 Å². The molecule has 2 aromatic carbocycles. The van der Waals surface area contributed by atoms with E-state index in [1.807, 2.05) is 30.3 Å². The number of aryl methyl sites for hydroxylation is 1. The average Bonchev–Trinajstić information content (AvgIpc) is 3.27. The third kappa shape index (κ3) is 3.95. The van der Waals surface area contributed by atoms with E-state index < -0.39 is 0 Å². The largest absolute Gasteiger partial charge is 0.454 e. The van der Waals surface area contributed by atoms with Crippen LogP contribution in [0.1, 0.15) is 11.3 Å². The Morgan fingerprint density at radius 3 is 3.00 bits per heavy atom. The molecular weight excluding hydrogens is 360 g/mol. The third-order valence-corrected chi connectivity index (χ3v) is 5.53. The zero-order chi connectivity index (χ0) is 18.6. The summed E-state index contributed by atoms with van der Waals surface area (Å²) in [4.78, 5) is 16.7. The Morgan fingerprint density at radius 1 is 1.22 bits per heavy atom. The van der Waals surface area contributed by atoms with Crippen LogP contribution in [0.4, 0.5) is 0 Å². The molecule has 6 heteroatoms. The standard InChI is InChI=1S/C21H20N2O3S/c1-14-21(16-4-2-3-5-17(16)23-14)27-11-10-22-20(24)9-7-15-6-8-18-19(12-15)26-13-25-18/h2-9,12,23H,10-11,13H2,1H3,(H,22,24)/b9-7+. The second kappa shape index (κ2) is 7.80. The smallest absolute Gasteiger partial charge is 0.244 e. The van der Waals surface area contributed by atoms with E-state index in [9.17, 15) is 4.79 Å². The molecule has 2 N–H and O–H groups in total. The van der Waals surface area contributed by atoms with Crippen molar-refractivity contribution in [3.8, 4) is 11.5 Å². The number of carbonyl (C=O) groups is 1. The molecule has 3 aromatic rings. The first-order valence-electron chi connectivity index (χ1n) is 8.76. The lowest BCUT2D eigenvalue weighted by Gasteiger charge is -2.03. The summed E-state index contributed by atoms with van der Waals surface area (Å²) in [6, 6.07) is 13.9. The highest BCUT2D eigenvalue weighted by atomic mass is 32.2. The van der Waals surface area contributed by atoms with Gasteiger partial charge in [0.15, 0.2) is 11.5 Å². The lowest BCUT2D eigenvalue weighted by molar-refractivity contribution is -0.116. The molecule has 0 spiro atoms. The number of carbonyl (C=O) groups excluding carboxylic acids is 1. The van der Waals surface area contributed by atoms with Gasteiger partial charge in [-0.25, -0.2) is 0 Å². The number of hydrogen-bond donors (Lipinski definition) is 2. The number of nitrogens with one attached hydrogen (secondary N) is 2. The highest BCUT2D eigenvalue weighted by Crippen LogP contribution is 2.33. The predicted octanol–water partition coefficient (Wildman–Crippen LogP) is 4.13. The minimum Gasteiger partial charge on any atom is -0.454 e. The molecule has 0 saturated carbocycles. The Labute approximate surface area is 161 Å². The van der Waals surface area contributed by atoms with Gasteiger partial charge in [0.2, 0.25) is 12.7 Å². The predicted molar refractivity (Wildman–Crippen MR) is 108 cm³/mol. The average molecular weight is 380 g/mol. The molecule has 138 valence electrons. The van der Waals surface area contributed by atoms with Gasteiger partial charge in [0.05, 0.1) is 0 Å². The molecule has 0 bridgehead atoms. The lowest BCUT2D eigenvalue weighted by Crippen LogP contribution is -2.23. The molecule has 0 aliphatic carbocycles. The summed E-state index contributed by atoms with van der Waals surface area (Å²) in [6.45, 7) is 2.93. The van der Waals surface area contributed by atoms with Crippen LogP contribution in [0.5, 0.6) is 11.5 Å². The summed E-state index contributed by atoms with van der Waals surface area (Å²) in [5, 5.41) is 4.15. The maximum absolute atomic E-state index is 12.0. The molecule has 2 heterocycles. The van der Waals surface area contributed by atoms with Crippen LogP contribution in [-0.4, -0.2) is 30.0 Å². The van der Waals surface area contributed by atoms with Gasteiger partial charge in [-0.1, -0.05) is 24.3 Å². The first kappa shape index (κ1) is 17.5. The third-order valence-electron chi connectivity index (χ3n) is 4.31. The van der Waals surface area contributed by atoms with Crippen molar-refractivity contribution in [3.05, 3.63) is 59.8 Å².